The summed E-state index contributed by atoms with van der Waals surface area (Å²) in [6, 6.07) is 9.22. The summed E-state index contributed by atoms with van der Waals surface area (Å²) in [7, 11) is -4.58. The van der Waals surface area contributed by atoms with Crippen molar-refractivity contribution in [1.29, 1.82) is 0 Å². The summed E-state index contributed by atoms with van der Waals surface area (Å²) in [4.78, 5) is 3.37. The van der Waals surface area contributed by atoms with E-state index in [1.54, 1.807) is 6.07 Å². The molecule has 1 aromatic heterocycles. The molecular formula is C15H10FNO5S. The SMILES string of the molecule is O=S(=O)(O)c1cc(-c2cnc(-c3cccc(F)c3)o2)ccc1O. The topological polar surface area (TPSA) is 101 Å². The summed E-state index contributed by atoms with van der Waals surface area (Å²) in [6.45, 7) is 0. The van der Waals surface area contributed by atoms with Gasteiger partial charge in [-0.25, -0.2) is 9.37 Å². The van der Waals surface area contributed by atoms with Gasteiger partial charge in [0, 0.05) is 11.1 Å². The second-order valence-corrected chi connectivity index (χ2v) is 6.09. The predicted molar refractivity (Wildman–Crippen MR) is 78.8 cm³/mol. The Bertz CT molecular complexity index is 981. The Morgan fingerprint density at radius 1 is 1.09 bits per heavy atom. The molecule has 0 radical (unpaired) electrons. The van der Waals surface area contributed by atoms with Crippen LogP contribution in [0.1, 0.15) is 0 Å². The Balaban J connectivity index is 2.04. The standard InChI is InChI=1S/C15H10FNO5S/c16-11-3-1-2-10(6-11)15-17-8-13(22-15)9-4-5-12(18)14(7-9)23(19,20)21/h1-8,18H,(H,19,20,21). The molecular weight excluding hydrogens is 325 g/mol. The van der Waals surface area contributed by atoms with E-state index in [0.29, 0.717) is 5.56 Å². The number of hydrogen-bond donors (Lipinski definition) is 2. The first-order valence-corrected chi connectivity index (χ1v) is 7.81. The number of rotatable bonds is 3. The molecule has 1 heterocycles. The molecule has 0 spiro atoms. The maximum Gasteiger partial charge on any atom is 0.298 e. The molecule has 118 valence electrons. The van der Waals surface area contributed by atoms with Crippen molar-refractivity contribution in [3.05, 3.63) is 54.5 Å². The van der Waals surface area contributed by atoms with Gasteiger partial charge in [-0.1, -0.05) is 6.07 Å². The molecule has 0 aliphatic rings. The van der Waals surface area contributed by atoms with Gasteiger partial charge in [-0.2, -0.15) is 8.42 Å². The minimum atomic E-state index is -4.58. The first-order chi connectivity index (χ1) is 10.8. The molecule has 3 rings (SSSR count). The number of aromatic hydroxyl groups is 1. The van der Waals surface area contributed by atoms with Gasteiger partial charge in [0.2, 0.25) is 5.89 Å². The van der Waals surface area contributed by atoms with Crippen LogP contribution in [0, 0.1) is 5.82 Å². The van der Waals surface area contributed by atoms with E-state index in [2.05, 4.69) is 4.98 Å². The van der Waals surface area contributed by atoms with Crippen LogP contribution in [0.25, 0.3) is 22.8 Å². The molecule has 0 unspecified atom stereocenters. The molecule has 8 heteroatoms. The maximum atomic E-state index is 13.2. The molecule has 0 bridgehead atoms. The number of benzene rings is 2. The van der Waals surface area contributed by atoms with Gasteiger partial charge in [0.1, 0.15) is 16.5 Å². The molecule has 0 atom stereocenters. The second kappa shape index (κ2) is 5.49. The van der Waals surface area contributed by atoms with E-state index in [4.69, 9.17) is 8.97 Å². The molecule has 2 aromatic carbocycles. The summed E-state index contributed by atoms with van der Waals surface area (Å²) in [6.07, 6.45) is 1.33. The van der Waals surface area contributed by atoms with E-state index >= 15 is 0 Å². The van der Waals surface area contributed by atoms with Crippen LogP contribution in [-0.4, -0.2) is 23.1 Å². The summed E-state index contributed by atoms with van der Waals surface area (Å²) < 4.78 is 50.2. The third kappa shape index (κ3) is 3.08. The molecule has 23 heavy (non-hydrogen) atoms. The van der Waals surface area contributed by atoms with Crippen LogP contribution >= 0.6 is 0 Å². The Labute approximate surface area is 130 Å². The zero-order chi connectivity index (χ0) is 16.6. The van der Waals surface area contributed by atoms with E-state index in [0.717, 1.165) is 12.1 Å². The van der Waals surface area contributed by atoms with Gasteiger partial charge >= 0.3 is 0 Å². The minimum absolute atomic E-state index is 0.154. The highest BCUT2D eigenvalue weighted by atomic mass is 32.2. The highest BCUT2D eigenvalue weighted by Crippen LogP contribution is 2.31. The van der Waals surface area contributed by atoms with Crippen molar-refractivity contribution in [3.8, 4) is 28.5 Å². The van der Waals surface area contributed by atoms with Crippen molar-refractivity contribution in [3.63, 3.8) is 0 Å². The molecule has 0 aliphatic carbocycles. The molecule has 0 aliphatic heterocycles. The van der Waals surface area contributed by atoms with Crippen molar-refractivity contribution >= 4 is 10.1 Å². The number of aromatic nitrogens is 1. The first kappa shape index (κ1) is 15.2. The average Bonchev–Trinajstić information content (AvgIpc) is 2.96. The van der Waals surface area contributed by atoms with Gasteiger partial charge in [-0.05, 0) is 36.4 Å². The molecule has 2 N–H and O–H groups in total. The normalized spacial score (nSPS) is 11.6. The van der Waals surface area contributed by atoms with E-state index in [9.17, 15) is 17.9 Å². The lowest BCUT2D eigenvalue weighted by atomic mass is 10.2. The predicted octanol–water partition coefficient (Wildman–Crippen LogP) is 3.10. The van der Waals surface area contributed by atoms with E-state index < -0.39 is 26.6 Å². The van der Waals surface area contributed by atoms with Crippen LogP contribution in [-0.2, 0) is 10.1 Å². The van der Waals surface area contributed by atoms with Crippen LogP contribution in [0.2, 0.25) is 0 Å². The van der Waals surface area contributed by atoms with Gasteiger partial charge in [-0.3, -0.25) is 4.55 Å². The molecule has 0 saturated carbocycles. The van der Waals surface area contributed by atoms with E-state index in [1.165, 1.54) is 30.5 Å². The van der Waals surface area contributed by atoms with Crippen LogP contribution in [0.4, 0.5) is 4.39 Å². The smallest absolute Gasteiger partial charge is 0.298 e. The van der Waals surface area contributed by atoms with Gasteiger partial charge in [0.25, 0.3) is 10.1 Å². The highest BCUT2D eigenvalue weighted by molar-refractivity contribution is 7.86. The summed E-state index contributed by atoms with van der Waals surface area (Å²) >= 11 is 0. The van der Waals surface area contributed by atoms with Crippen molar-refractivity contribution < 1.29 is 26.9 Å². The quantitative estimate of drug-likeness (QED) is 0.713. The van der Waals surface area contributed by atoms with Crippen molar-refractivity contribution in [2.45, 2.75) is 4.90 Å². The van der Waals surface area contributed by atoms with Crippen LogP contribution in [0.15, 0.2) is 58.0 Å². The Hall–Kier alpha value is -2.71. The summed E-state index contributed by atoms with van der Waals surface area (Å²) in [5.74, 6) is -0.670. The number of phenols is 1. The maximum absolute atomic E-state index is 13.2. The van der Waals surface area contributed by atoms with Gasteiger partial charge < -0.3 is 9.52 Å². The van der Waals surface area contributed by atoms with Crippen molar-refractivity contribution in [2.75, 3.05) is 0 Å². The molecule has 0 fully saturated rings. The minimum Gasteiger partial charge on any atom is -0.506 e. The third-order valence-corrected chi connectivity index (χ3v) is 3.98. The van der Waals surface area contributed by atoms with Crippen molar-refractivity contribution in [1.82, 2.24) is 4.98 Å². The highest BCUT2D eigenvalue weighted by Gasteiger charge is 2.18. The van der Waals surface area contributed by atoms with Crippen LogP contribution in [0.5, 0.6) is 5.75 Å². The zero-order valence-electron chi connectivity index (χ0n) is 11.5. The first-order valence-electron chi connectivity index (χ1n) is 6.37. The van der Waals surface area contributed by atoms with Crippen LogP contribution < -0.4 is 0 Å². The lowest BCUT2D eigenvalue weighted by molar-refractivity contribution is 0.443. The van der Waals surface area contributed by atoms with Gasteiger partial charge in [0.05, 0.1) is 6.20 Å². The number of nitrogens with zero attached hydrogens (tertiary/aromatic N) is 1. The summed E-state index contributed by atoms with van der Waals surface area (Å²) in [5.41, 5.74) is 0.704. The molecule has 6 nitrogen and oxygen atoms in total. The Morgan fingerprint density at radius 3 is 2.57 bits per heavy atom. The zero-order valence-corrected chi connectivity index (χ0v) is 12.3. The van der Waals surface area contributed by atoms with E-state index in [-0.39, 0.29) is 17.2 Å². The van der Waals surface area contributed by atoms with E-state index in [1.807, 2.05) is 0 Å². The number of phenolic OH excluding ortho intramolecular Hbond substituents is 1. The number of oxazole rings is 1. The lowest BCUT2D eigenvalue weighted by Crippen LogP contribution is -1.98. The fourth-order valence-electron chi connectivity index (χ4n) is 2.04. The lowest BCUT2D eigenvalue weighted by Gasteiger charge is -2.03. The van der Waals surface area contributed by atoms with Gasteiger partial charge in [-0.15, -0.1) is 0 Å². The Morgan fingerprint density at radius 2 is 1.87 bits per heavy atom. The molecule has 0 saturated heterocycles. The fraction of sp³-hybridized carbons (Fsp3) is 0. The second-order valence-electron chi connectivity index (χ2n) is 4.70. The number of halogens is 1. The van der Waals surface area contributed by atoms with Gasteiger partial charge in [0.15, 0.2) is 5.76 Å². The third-order valence-electron chi connectivity index (χ3n) is 3.10. The number of hydrogen-bond acceptors (Lipinski definition) is 5. The fourth-order valence-corrected chi connectivity index (χ4v) is 2.64. The van der Waals surface area contributed by atoms with Crippen LogP contribution in [0.3, 0.4) is 0 Å². The molecule has 3 aromatic rings. The average molecular weight is 335 g/mol. The summed E-state index contributed by atoms with van der Waals surface area (Å²) in [5, 5.41) is 9.50. The Kier molecular flexibility index (Phi) is 3.63. The van der Waals surface area contributed by atoms with Crippen molar-refractivity contribution in [2.24, 2.45) is 0 Å². The molecule has 0 amide bonds. The largest absolute Gasteiger partial charge is 0.506 e. The monoisotopic (exact) mass is 335 g/mol.